The van der Waals surface area contributed by atoms with Crippen molar-refractivity contribution in [3.8, 4) is 0 Å². The number of ether oxygens (including phenoxy) is 1. The zero-order chi connectivity index (χ0) is 18.8. The van der Waals surface area contributed by atoms with E-state index in [1.807, 2.05) is 0 Å². The molecule has 0 aromatic carbocycles. The topological polar surface area (TPSA) is 83.0 Å². The van der Waals surface area contributed by atoms with Crippen LogP contribution in [0.5, 0.6) is 0 Å². The van der Waals surface area contributed by atoms with Gasteiger partial charge in [-0.15, -0.1) is 24.0 Å². The number of hydrogen-bond donors (Lipinski definition) is 1. The third-order valence-electron chi connectivity index (χ3n) is 4.24. The second kappa shape index (κ2) is 13.1. The first kappa shape index (κ1) is 23.9. The third kappa shape index (κ3) is 7.76. The number of piperazine rings is 1. The lowest BCUT2D eigenvalue weighted by atomic mass is 10.2. The van der Waals surface area contributed by atoms with E-state index in [1.165, 1.54) is 18.6 Å². The van der Waals surface area contributed by atoms with E-state index in [2.05, 4.69) is 43.1 Å². The summed E-state index contributed by atoms with van der Waals surface area (Å²) in [7, 11) is 1.42. The van der Waals surface area contributed by atoms with Gasteiger partial charge in [-0.05, 0) is 19.8 Å². The zero-order valence-corrected chi connectivity index (χ0v) is 19.6. The lowest BCUT2D eigenvalue weighted by Crippen LogP contribution is -2.52. The van der Waals surface area contributed by atoms with Crippen LogP contribution in [0.3, 0.4) is 0 Å². The van der Waals surface area contributed by atoms with Crippen LogP contribution in [0.1, 0.15) is 38.9 Å². The van der Waals surface area contributed by atoms with Crippen molar-refractivity contribution in [1.29, 1.82) is 0 Å². The second-order valence-electron chi connectivity index (χ2n) is 6.09. The Balaban J connectivity index is 0.00000364. The van der Waals surface area contributed by atoms with Crippen molar-refractivity contribution in [1.82, 2.24) is 19.6 Å². The minimum atomic E-state index is -0.153. The number of esters is 1. The standard InChI is InChI=1S/C17H30N6O2S.HI/c1-4-14-20-17(26-21-14)23-12-10-22(11-13-23)16(18-5-2)19-9-7-6-8-15(24)25-3;/h4-13H2,1-3H3,(H,18,19);1H. The average Bonchev–Trinajstić information content (AvgIpc) is 3.16. The summed E-state index contributed by atoms with van der Waals surface area (Å²) in [5.41, 5.74) is 0. The number of aliphatic imine (C=N–C) groups is 1. The highest BCUT2D eigenvalue weighted by molar-refractivity contribution is 14.0. The fourth-order valence-corrected chi connectivity index (χ4v) is 3.52. The van der Waals surface area contributed by atoms with Crippen molar-refractivity contribution in [2.75, 3.05) is 51.3 Å². The van der Waals surface area contributed by atoms with Crippen LogP contribution in [-0.4, -0.2) is 72.6 Å². The summed E-state index contributed by atoms with van der Waals surface area (Å²) in [6, 6.07) is 0. The molecule has 1 aromatic rings. The Bertz CT molecular complexity index is 590. The molecule has 1 saturated heterocycles. The highest BCUT2D eigenvalue weighted by Gasteiger charge is 2.21. The molecule has 154 valence electrons. The van der Waals surface area contributed by atoms with Crippen LogP contribution in [0, 0.1) is 0 Å². The van der Waals surface area contributed by atoms with Crippen molar-refractivity contribution in [3.05, 3.63) is 5.82 Å². The number of carbonyl (C=O) groups is 1. The van der Waals surface area contributed by atoms with E-state index in [0.717, 1.165) is 75.4 Å². The summed E-state index contributed by atoms with van der Waals surface area (Å²) in [5, 5.41) is 4.39. The first-order chi connectivity index (χ1) is 12.7. The molecule has 0 bridgehead atoms. The van der Waals surface area contributed by atoms with E-state index in [9.17, 15) is 4.79 Å². The Hall–Kier alpha value is -1.17. The van der Waals surface area contributed by atoms with Crippen LogP contribution in [0.4, 0.5) is 5.13 Å². The van der Waals surface area contributed by atoms with Crippen LogP contribution in [0.25, 0.3) is 0 Å². The molecule has 1 aliphatic rings. The number of aromatic nitrogens is 2. The predicted octanol–water partition coefficient (Wildman–Crippen LogP) is 2.15. The number of guanidine groups is 1. The molecule has 1 aliphatic heterocycles. The van der Waals surface area contributed by atoms with Gasteiger partial charge in [0.05, 0.1) is 7.11 Å². The number of unbranched alkanes of at least 4 members (excludes halogenated alkanes) is 1. The summed E-state index contributed by atoms with van der Waals surface area (Å²) in [4.78, 5) is 25.0. The van der Waals surface area contributed by atoms with E-state index < -0.39 is 0 Å². The summed E-state index contributed by atoms with van der Waals surface area (Å²) in [5.74, 6) is 1.73. The van der Waals surface area contributed by atoms with E-state index in [0.29, 0.717) is 6.42 Å². The molecule has 0 radical (unpaired) electrons. The van der Waals surface area contributed by atoms with Gasteiger partial charge in [-0.1, -0.05) is 6.92 Å². The van der Waals surface area contributed by atoms with Gasteiger partial charge < -0.3 is 19.9 Å². The Kier molecular flexibility index (Phi) is 11.6. The molecule has 8 nitrogen and oxygen atoms in total. The number of halogens is 1. The van der Waals surface area contributed by atoms with Crippen molar-refractivity contribution < 1.29 is 9.53 Å². The maximum atomic E-state index is 11.1. The first-order valence-corrected chi connectivity index (χ1v) is 10.1. The van der Waals surface area contributed by atoms with Crippen molar-refractivity contribution in [3.63, 3.8) is 0 Å². The molecule has 2 rings (SSSR count). The van der Waals surface area contributed by atoms with E-state index >= 15 is 0 Å². The molecule has 0 unspecified atom stereocenters. The van der Waals surface area contributed by atoms with Crippen LogP contribution < -0.4 is 10.2 Å². The molecule has 0 aliphatic carbocycles. The molecular formula is C17H31IN6O2S. The van der Waals surface area contributed by atoms with E-state index in [1.54, 1.807) is 0 Å². The van der Waals surface area contributed by atoms with Crippen LogP contribution in [-0.2, 0) is 16.0 Å². The molecule has 0 atom stereocenters. The van der Waals surface area contributed by atoms with Crippen molar-refractivity contribution >= 4 is 52.6 Å². The third-order valence-corrected chi connectivity index (χ3v) is 5.05. The molecule has 1 aromatic heterocycles. The minimum Gasteiger partial charge on any atom is -0.469 e. The van der Waals surface area contributed by atoms with Crippen LogP contribution in [0.2, 0.25) is 0 Å². The zero-order valence-electron chi connectivity index (χ0n) is 16.4. The van der Waals surface area contributed by atoms with E-state index in [4.69, 9.17) is 4.99 Å². The lowest BCUT2D eigenvalue weighted by Gasteiger charge is -2.36. The Morgan fingerprint density at radius 3 is 2.59 bits per heavy atom. The molecule has 1 fully saturated rings. The largest absolute Gasteiger partial charge is 0.469 e. The minimum absolute atomic E-state index is 0. The number of nitrogens with zero attached hydrogens (tertiary/aromatic N) is 5. The SMILES string of the molecule is CCNC(=NCCCCC(=O)OC)N1CCN(c2nc(CC)ns2)CC1.I. The number of anilines is 1. The number of aryl methyl sites for hydroxylation is 1. The van der Waals surface area contributed by atoms with E-state index in [-0.39, 0.29) is 29.9 Å². The summed E-state index contributed by atoms with van der Waals surface area (Å²) in [6.45, 7) is 9.39. The fraction of sp³-hybridized carbons (Fsp3) is 0.765. The summed E-state index contributed by atoms with van der Waals surface area (Å²) in [6.07, 6.45) is 3.03. The van der Waals surface area contributed by atoms with Gasteiger partial charge in [0.2, 0.25) is 5.13 Å². The normalized spacial score (nSPS) is 14.7. The lowest BCUT2D eigenvalue weighted by molar-refractivity contribution is -0.140. The quantitative estimate of drug-likeness (QED) is 0.189. The Morgan fingerprint density at radius 1 is 1.26 bits per heavy atom. The first-order valence-electron chi connectivity index (χ1n) is 9.35. The van der Waals surface area contributed by atoms with Gasteiger partial charge in [0.15, 0.2) is 5.96 Å². The molecule has 0 spiro atoms. The molecule has 1 N–H and O–H groups in total. The van der Waals surface area contributed by atoms with Crippen LogP contribution >= 0.6 is 35.5 Å². The number of methoxy groups -OCH3 is 1. The maximum absolute atomic E-state index is 11.1. The van der Waals surface area contributed by atoms with Crippen LogP contribution in [0.15, 0.2) is 4.99 Å². The number of hydrogen-bond acceptors (Lipinski definition) is 7. The molecular weight excluding hydrogens is 479 g/mol. The second-order valence-corrected chi connectivity index (χ2v) is 6.82. The van der Waals surface area contributed by atoms with Gasteiger partial charge in [0.1, 0.15) is 5.82 Å². The van der Waals surface area contributed by atoms with Gasteiger partial charge in [-0.25, -0.2) is 4.98 Å². The number of carbonyl (C=O) groups excluding carboxylic acids is 1. The monoisotopic (exact) mass is 510 g/mol. The predicted molar refractivity (Wildman–Crippen MR) is 120 cm³/mol. The molecule has 2 heterocycles. The summed E-state index contributed by atoms with van der Waals surface area (Å²) < 4.78 is 9.03. The number of nitrogens with one attached hydrogen (secondary N) is 1. The molecule has 0 saturated carbocycles. The Morgan fingerprint density at radius 2 is 2.00 bits per heavy atom. The highest BCUT2D eigenvalue weighted by atomic mass is 127. The summed E-state index contributed by atoms with van der Waals surface area (Å²) >= 11 is 1.49. The molecule has 10 heteroatoms. The van der Waals surface area contributed by atoms with Gasteiger partial charge in [-0.2, -0.15) is 4.37 Å². The molecule has 27 heavy (non-hydrogen) atoms. The van der Waals surface area contributed by atoms with Gasteiger partial charge in [-0.3, -0.25) is 9.79 Å². The maximum Gasteiger partial charge on any atom is 0.305 e. The smallest absolute Gasteiger partial charge is 0.305 e. The number of rotatable bonds is 8. The average molecular weight is 510 g/mol. The van der Waals surface area contributed by atoms with Gasteiger partial charge >= 0.3 is 5.97 Å². The highest BCUT2D eigenvalue weighted by Crippen LogP contribution is 2.19. The van der Waals surface area contributed by atoms with Gasteiger partial charge in [0.25, 0.3) is 0 Å². The Labute approximate surface area is 183 Å². The van der Waals surface area contributed by atoms with Crippen molar-refractivity contribution in [2.24, 2.45) is 4.99 Å². The van der Waals surface area contributed by atoms with Crippen molar-refractivity contribution in [2.45, 2.75) is 39.5 Å². The fourth-order valence-electron chi connectivity index (χ4n) is 2.72. The molecule has 0 amide bonds. The van der Waals surface area contributed by atoms with Gasteiger partial charge in [0, 0.05) is 63.6 Å².